The second-order valence-corrected chi connectivity index (χ2v) is 8.69. The fourth-order valence-corrected chi connectivity index (χ4v) is 5.41. The number of fused-ring (bicyclic) bond motifs is 2. The molecule has 5 heteroatoms. The zero-order valence-electron chi connectivity index (χ0n) is 18.1. The Hall–Kier alpha value is -1.91. The molecule has 0 N–H and O–H groups in total. The maximum atomic E-state index is 13.2. The summed E-state index contributed by atoms with van der Waals surface area (Å²) in [6, 6.07) is 30.2. The van der Waals surface area contributed by atoms with Crippen molar-refractivity contribution < 1.29 is 4.39 Å². The molecule has 0 aromatic heterocycles. The molecule has 2 bridgehead atoms. The first-order valence-electron chi connectivity index (χ1n) is 11.1. The van der Waals surface area contributed by atoms with Crippen LogP contribution in [0, 0.1) is 5.82 Å². The second kappa shape index (κ2) is 11.3. The van der Waals surface area contributed by atoms with E-state index in [4.69, 9.17) is 0 Å². The lowest BCUT2D eigenvalue weighted by atomic mass is 9.79. The summed E-state index contributed by atoms with van der Waals surface area (Å²) in [4.78, 5) is 5.32. The number of rotatable bonds is 5. The Kier molecular flexibility index (Phi) is 8.72. The first-order valence-corrected chi connectivity index (χ1v) is 11.1. The highest BCUT2D eigenvalue weighted by atomic mass is 35.5. The standard InChI is InChI=1S/C27H29FN2.2ClH/c28-24-13-11-21(12-14-24)19-29-17-18-30-20-25(29)15-16-26(30)27(22-7-3-1-4-8-22)23-9-5-2-6-10-23;;/h1-14,25-27H,15-20H2;2*1H/t25-,26-;;/m1../s1. The van der Waals surface area contributed by atoms with E-state index in [-0.39, 0.29) is 30.6 Å². The Bertz CT molecular complexity index is 913. The minimum absolute atomic E-state index is 0. The molecule has 0 radical (unpaired) electrons. The molecule has 0 spiro atoms. The molecule has 5 rings (SSSR count). The van der Waals surface area contributed by atoms with Gasteiger partial charge in [-0.1, -0.05) is 72.8 Å². The predicted octanol–water partition coefficient (Wildman–Crippen LogP) is 6.15. The summed E-state index contributed by atoms with van der Waals surface area (Å²) < 4.78 is 13.2. The van der Waals surface area contributed by atoms with Crippen molar-refractivity contribution in [2.75, 3.05) is 19.6 Å². The molecule has 0 aliphatic carbocycles. The van der Waals surface area contributed by atoms with Crippen LogP contribution in [0.4, 0.5) is 4.39 Å². The lowest BCUT2D eigenvalue weighted by Gasteiger charge is -2.51. The van der Waals surface area contributed by atoms with Crippen LogP contribution in [0.15, 0.2) is 84.9 Å². The summed E-state index contributed by atoms with van der Waals surface area (Å²) in [6.45, 7) is 4.22. The zero-order chi connectivity index (χ0) is 20.3. The highest BCUT2D eigenvalue weighted by Crippen LogP contribution is 2.38. The molecular formula is C27H31Cl2FN2. The van der Waals surface area contributed by atoms with Gasteiger partial charge in [0.2, 0.25) is 0 Å². The summed E-state index contributed by atoms with van der Waals surface area (Å²) in [5.74, 6) is 0.258. The van der Waals surface area contributed by atoms with Gasteiger partial charge in [-0.25, -0.2) is 4.39 Å². The van der Waals surface area contributed by atoms with Crippen molar-refractivity contribution in [3.63, 3.8) is 0 Å². The van der Waals surface area contributed by atoms with Gasteiger partial charge in [-0.05, 0) is 41.7 Å². The van der Waals surface area contributed by atoms with Gasteiger partial charge in [-0.2, -0.15) is 0 Å². The fourth-order valence-electron chi connectivity index (χ4n) is 5.41. The first-order chi connectivity index (χ1) is 14.8. The molecule has 3 atom stereocenters. The SMILES string of the molecule is Cl.Cl.Fc1ccc(CN2CCN3C[C@H]2CC[C@@H]3C(c2ccccc2)c2ccccc2)cc1. The number of hydrogen-bond acceptors (Lipinski definition) is 2. The van der Waals surface area contributed by atoms with Gasteiger partial charge in [-0.3, -0.25) is 9.80 Å². The van der Waals surface area contributed by atoms with E-state index in [0.29, 0.717) is 18.0 Å². The second-order valence-electron chi connectivity index (χ2n) is 8.69. The maximum Gasteiger partial charge on any atom is 0.123 e. The average molecular weight is 473 g/mol. The van der Waals surface area contributed by atoms with Crippen LogP contribution in [0.25, 0.3) is 0 Å². The van der Waals surface area contributed by atoms with Crippen molar-refractivity contribution in [2.45, 2.75) is 37.4 Å². The van der Waals surface area contributed by atoms with E-state index < -0.39 is 0 Å². The molecule has 2 fully saturated rings. The largest absolute Gasteiger partial charge is 0.297 e. The number of halogens is 3. The van der Waals surface area contributed by atoms with Gasteiger partial charge in [0.15, 0.2) is 0 Å². The van der Waals surface area contributed by atoms with Gasteiger partial charge >= 0.3 is 0 Å². The van der Waals surface area contributed by atoms with E-state index >= 15 is 0 Å². The molecule has 32 heavy (non-hydrogen) atoms. The third kappa shape index (κ3) is 5.35. The summed E-state index contributed by atoms with van der Waals surface area (Å²) >= 11 is 0. The van der Waals surface area contributed by atoms with E-state index in [1.54, 1.807) is 12.1 Å². The first kappa shape index (κ1) is 24.7. The van der Waals surface area contributed by atoms with Gasteiger partial charge in [0.25, 0.3) is 0 Å². The number of hydrogen-bond donors (Lipinski definition) is 0. The van der Waals surface area contributed by atoms with Crippen molar-refractivity contribution in [1.29, 1.82) is 0 Å². The van der Waals surface area contributed by atoms with Gasteiger partial charge in [0, 0.05) is 44.2 Å². The molecule has 2 saturated heterocycles. The maximum absolute atomic E-state index is 13.2. The van der Waals surface area contributed by atoms with E-state index in [1.165, 1.54) is 29.5 Å². The van der Waals surface area contributed by atoms with Crippen molar-refractivity contribution in [3.05, 3.63) is 107 Å². The fraction of sp³-hybridized carbons (Fsp3) is 0.333. The highest BCUT2D eigenvalue weighted by molar-refractivity contribution is 5.85. The van der Waals surface area contributed by atoms with Crippen LogP contribution in [-0.2, 0) is 6.54 Å². The van der Waals surface area contributed by atoms with Crippen molar-refractivity contribution in [2.24, 2.45) is 0 Å². The Morgan fingerprint density at radius 2 is 1.34 bits per heavy atom. The van der Waals surface area contributed by atoms with E-state index in [1.807, 2.05) is 12.1 Å². The molecule has 3 aromatic carbocycles. The normalized spacial score (nSPS) is 22.6. The predicted molar refractivity (Wildman–Crippen MR) is 134 cm³/mol. The van der Waals surface area contributed by atoms with Crippen LogP contribution in [0.5, 0.6) is 0 Å². The molecule has 3 aromatic rings. The summed E-state index contributed by atoms with van der Waals surface area (Å²) in [5, 5.41) is 0. The molecule has 2 nitrogen and oxygen atoms in total. The highest BCUT2D eigenvalue weighted by Gasteiger charge is 2.39. The van der Waals surface area contributed by atoms with Crippen LogP contribution < -0.4 is 0 Å². The van der Waals surface area contributed by atoms with Gasteiger partial charge in [0.05, 0.1) is 0 Å². The van der Waals surface area contributed by atoms with Crippen LogP contribution >= 0.6 is 24.8 Å². The van der Waals surface area contributed by atoms with Crippen molar-refractivity contribution >= 4 is 24.8 Å². The van der Waals surface area contributed by atoms with Gasteiger partial charge < -0.3 is 0 Å². The number of piperazine rings is 1. The quantitative estimate of drug-likeness (QED) is 0.439. The Morgan fingerprint density at radius 1 is 0.750 bits per heavy atom. The molecule has 170 valence electrons. The summed E-state index contributed by atoms with van der Waals surface area (Å²) in [6.07, 6.45) is 2.43. The lowest BCUT2D eigenvalue weighted by Crippen LogP contribution is -2.60. The lowest BCUT2D eigenvalue weighted by molar-refractivity contribution is -0.00356. The Balaban J connectivity index is 0.00000144. The molecule has 2 heterocycles. The third-order valence-electron chi connectivity index (χ3n) is 6.90. The number of benzene rings is 3. The third-order valence-corrected chi connectivity index (χ3v) is 6.90. The van der Waals surface area contributed by atoms with Crippen LogP contribution in [0.1, 0.15) is 35.4 Å². The average Bonchev–Trinajstić information content (AvgIpc) is 2.80. The molecule has 0 saturated carbocycles. The number of piperidine rings is 1. The molecule has 2 aliphatic heterocycles. The van der Waals surface area contributed by atoms with Gasteiger partial charge in [-0.15, -0.1) is 24.8 Å². The zero-order valence-corrected chi connectivity index (χ0v) is 19.8. The Morgan fingerprint density at radius 3 is 1.94 bits per heavy atom. The molecular weight excluding hydrogens is 442 g/mol. The topological polar surface area (TPSA) is 6.48 Å². The summed E-state index contributed by atoms with van der Waals surface area (Å²) in [7, 11) is 0. The van der Waals surface area contributed by atoms with Crippen LogP contribution in [0.2, 0.25) is 0 Å². The van der Waals surface area contributed by atoms with Crippen molar-refractivity contribution in [1.82, 2.24) is 9.80 Å². The van der Waals surface area contributed by atoms with E-state index in [9.17, 15) is 4.39 Å². The van der Waals surface area contributed by atoms with Gasteiger partial charge in [0.1, 0.15) is 5.82 Å². The summed E-state index contributed by atoms with van der Waals surface area (Å²) in [5.41, 5.74) is 4.04. The number of nitrogens with zero attached hydrogens (tertiary/aromatic N) is 2. The van der Waals surface area contributed by atoms with Crippen LogP contribution in [0.3, 0.4) is 0 Å². The monoisotopic (exact) mass is 472 g/mol. The van der Waals surface area contributed by atoms with E-state index in [0.717, 1.165) is 26.2 Å². The Labute approximate surface area is 203 Å². The molecule has 0 amide bonds. The smallest absolute Gasteiger partial charge is 0.123 e. The minimum atomic E-state index is -0.156. The van der Waals surface area contributed by atoms with E-state index in [2.05, 4.69) is 70.5 Å². The minimum Gasteiger partial charge on any atom is -0.297 e. The van der Waals surface area contributed by atoms with Crippen molar-refractivity contribution in [3.8, 4) is 0 Å². The molecule has 1 unspecified atom stereocenters. The molecule has 2 aliphatic rings. The van der Waals surface area contributed by atoms with Crippen LogP contribution in [-0.4, -0.2) is 41.5 Å².